The van der Waals surface area contributed by atoms with Crippen molar-refractivity contribution in [3.05, 3.63) is 53.6 Å². The van der Waals surface area contributed by atoms with E-state index >= 15 is 0 Å². The van der Waals surface area contributed by atoms with Crippen LogP contribution in [0, 0.1) is 6.92 Å². The molecule has 0 atom stereocenters. The number of hydrogen-bond donors (Lipinski definition) is 1. The summed E-state index contributed by atoms with van der Waals surface area (Å²) >= 11 is 0. The second-order valence-corrected chi connectivity index (χ2v) is 4.39. The first-order chi connectivity index (χ1) is 8.76. The Hall–Kier alpha value is -2.13. The van der Waals surface area contributed by atoms with Crippen molar-refractivity contribution in [3.8, 4) is 11.5 Å². The van der Waals surface area contributed by atoms with E-state index in [2.05, 4.69) is 24.0 Å². The Morgan fingerprint density at radius 3 is 2.83 bits per heavy atom. The molecule has 1 aromatic heterocycles. The van der Waals surface area contributed by atoms with Crippen molar-refractivity contribution >= 4 is 11.1 Å². The number of aromatic nitrogens is 1. The molecule has 3 heteroatoms. The lowest BCUT2D eigenvalue weighted by Crippen LogP contribution is -1.94. The predicted octanol–water partition coefficient (Wildman–Crippen LogP) is 3.26. The van der Waals surface area contributed by atoms with Crippen molar-refractivity contribution in [2.45, 2.75) is 13.5 Å². The van der Waals surface area contributed by atoms with Gasteiger partial charge >= 0.3 is 0 Å². The van der Waals surface area contributed by atoms with Crippen molar-refractivity contribution in [1.29, 1.82) is 0 Å². The summed E-state index contributed by atoms with van der Waals surface area (Å²) in [5.41, 5.74) is 10.5. The molecular formula is C15H14N2O. The second kappa shape index (κ2) is 4.27. The lowest BCUT2D eigenvalue weighted by atomic mass is 10.1. The van der Waals surface area contributed by atoms with Gasteiger partial charge in [0.25, 0.3) is 0 Å². The summed E-state index contributed by atoms with van der Waals surface area (Å²) in [4.78, 5) is 4.49. The first-order valence-corrected chi connectivity index (χ1v) is 5.93. The third-order valence-electron chi connectivity index (χ3n) is 2.95. The molecule has 3 nitrogen and oxygen atoms in total. The third kappa shape index (κ3) is 1.89. The van der Waals surface area contributed by atoms with Gasteiger partial charge in [-0.05, 0) is 36.8 Å². The summed E-state index contributed by atoms with van der Waals surface area (Å²) in [6, 6.07) is 14.0. The maximum Gasteiger partial charge on any atom is 0.227 e. The van der Waals surface area contributed by atoms with Gasteiger partial charge in [-0.15, -0.1) is 0 Å². The number of nitrogens with two attached hydrogens (primary N) is 1. The van der Waals surface area contributed by atoms with Crippen LogP contribution in [0.3, 0.4) is 0 Å². The van der Waals surface area contributed by atoms with E-state index in [1.54, 1.807) is 0 Å². The largest absolute Gasteiger partial charge is 0.436 e. The number of nitrogens with zero attached hydrogens (tertiary/aromatic N) is 1. The molecule has 2 aromatic carbocycles. The quantitative estimate of drug-likeness (QED) is 0.745. The minimum atomic E-state index is 0.510. The highest BCUT2D eigenvalue weighted by Gasteiger charge is 2.08. The van der Waals surface area contributed by atoms with Crippen LogP contribution in [0.25, 0.3) is 22.6 Å². The summed E-state index contributed by atoms with van der Waals surface area (Å²) < 4.78 is 5.78. The predicted molar refractivity (Wildman–Crippen MR) is 72.1 cm³/mol. The number of hydrogen-bond acceptors (Lipinski definition) is 3. The highest BCUT2D eigenvalue weighted by molar-refractivity contribution is 5.76. The number of fused-ring (bicyclic) bond motifs is 1. The standard InChI is InChI=1S/C15H14N2O/c1-10-3-2-4-12(7-10)15-17-13-6-5-11(9-16)8-14(13)18-15/h2-8H,9,16H2,1H3. The Morgan fingerprint density at radius 2 is 2.06 bits per heavy atom. The summed E-state index contributed by atoms with van der Waals surface area (Å²) in [6.07, 6.45) is 0. The average Bonchev–Trinajstić information content (AvgIpc) is 2.81. The zero-order valence-electron chi connectivity index (χ0n) is 10.2. The van der Waals surface area contributed by atoms with Gasteiger partial charge in [-0.2, -0.15) is 0 Å². The van der Waals surface area contributed by atoms with Crippen molar-refractivity contribution in [2.24, 2.45) is 5.73 Å². The topological polar surface area (TPSA) is 52.0 Å². The van der Waals surface area contributed by atoms with E-state index in [4.69, 9.17) is 10.2 Å². The van der Waals surface area contributed by atoms with Gasteiger partial charge in [0, 0.05) is 12.1 Å². The monoisotopic (exact) mass is 238 g/mol. The zero-order chi connectivity index (χ0) is 12.5. The Balaban J connectivity index is 2.13. The van der Waals surface area contributed by atoms with E-state index in [9.17, 15) is 0 Å². The van der Waals surface area contributed by atoms with Crippen LogP contribution in [-0.4, -0.2) is 4.98 Å². The molecule has 0 aliphatic carbocycles. The van der Waals surface area contributed by atoms with E-state index in [1.165, 1.54) is 5.56 Å². The zero-order valence-corrected chi connectivity index (χ0v) is 10.2. The number of rotatable bonds is 2. The number of oxazole rings is 1. The SMILES string of the molecule is Cc1cccc(-c2nc3ccc(CN)cc3o2)c1. The highest BCUT2D eigenvalue weighted by Crippen LogP contribution is 2.25. The number of benzene rings is 2. The molecule has 0 bridgehead atoms. The van der Waals surface area contributed by atoms with Crippen molar-refractivity contribution < 1.29 is 4.42 Å². The van der Waals surface area contributed by atoms with Gasteiger partial charge in [-0.3, -0.25) is 0 Å². The fourth-order valence-corrected chi connectivity index (χ4v) is 2.00. The molecule has 18 heavy (non-hydrogen) atoms. The second-order valence-electron chi connectivity index (χ2n) is 4.39. The maximum absolute atomic E-state index is 5.78. The van der Waals surface area contributed by atoms with Crippen LogP contribution in [0.4, 0.5) is 0 Å². The number of aryl methyl sites for hydroxylation is 1. The van der Waals surface area contributed by atoms with Crippen LogP contribution in [0.15, 0.2) is 46.9 Å². The molecule has 1 heterocycles. The van der Waals surface area contributed by atoms with Crippen LogP contribution in [0.2, 0.25) is 0 Å². The van der Waals surface area contributed by atoms with E-state index in [0.717, 1.165) is 22.2 Å². The van der Waals surface area contributed by atoms with Crippen LogP contribution in [0.5, 0.6) is 0 Å². The van der Waals surface area contributed by atoms with Gasteiger partial charge in [-0.1, -0.05) is 23.8 Å². The third-order valence-corrected chi connectivity index (χ3v) is 2.95. The minimum absolute atomic E-state index is 0.510. The van der Waals surface area contributed by atoms with Crippen molar-refractivity contribution in [3.63, 3.8) is 0 Å². The highest BCUT2D eigenvalue weighted by atomic mass is 16.3. The average molecular weight is 238 g/mol. The molecule has 2 N–H and O–H groups in total. The van der Waals surface area contributed by atoms with Gasteiger partial charge in [0.05, 0.1) is 0 Å². The maximum atomic E-state index is 5.78. The smallest absolute Gasteiger partial charge is 0.227 e. The van der Waals surface area contributed by atoms with Gasteiger partial charge in [0.1, 0.15) is 5.52 Å². The molecule has 0 saturated heterocycles. The molecule has 0 aliphatic rings. The first kappa shape index (κ1) is 11.0. The molecule has 0 saturated carbocycles. The minimum Gasteiger partial charge on any atom is -0.436 e. The first-order valence-electron chi connectivity index (χ1n) is 5.93. The van der Waals surface area contributed by atoms with E-state index < -0.39 is 0 Å². The lowest BCUT2D eigenvalue weighted by Gasteiger charge is -1.96. The van der Waals surface area contributed by atoms with Crippen molar-refractivity contribution in [2.75, 3.05) is 0 Å². The molecule has 3 rings (SSSR count). The normalized spacial score (nSPS) is 11.0. The van der Waals surface area contributed by atoms with Crippen molar-refractivity contribution in [1.82, 2.24) is 4.98 Å². The van der Waals surface area contributed by atoms with E-state index in [1.807, 2.05) is 30.3 Å². The summed E-state index contributed by atoms with van der Waals surface area (Å²) in [6.45, 7) is 2.56. The fraction of sp³-hybridized carbons (Fsp3) is 0.133. The van der Waals surface area contributed by atoms with E-state index in [-0.39, 0.29) is 0 Å². The Labute approximate surface area is 105 Å². The summed E-state index contributed by atoms with van der Waals surface area (Å²) in [7, 11) is 0. The van der Waals surface area contributed by atoms with Crippen LogP contribution in [-0.2, 0) is 6.54 Å². The van der Waals surface area contributed by atoms with Gasteiger partial charge in [0.2, 0.25) is 5.89 Å². The van der Waals surface area contributed by atoms with Gasteiger partial charge in [-0.25, -0.2) is 4.98 Å². The van der Waals surface area contributed by atoms with Gasteiger partial charge in [0.15, 0.2) is 5.58 Å². The molecule has 0 spiro atoms. The molecule has 0 fully saturated rings. The lowest BCUT2D eigenvalue weighted by molar-refractivity contribution is 0.619. The summed E-state index contributed by atoms with van der Waals surface area (Å²) in [5.74, 6) is 0.655. The molecule has 0 amide bonds. The molecular weight excluding hydrogens is 224 g/mol. The molecule has 0 unspecified atom stereocenters. The Bertz CT molecular complexity index is 701. The van der Waals surface area contributed by atoms with Crippen LogP contribution in [0.1, 0.15) is 11.1 Å². The molecule has 3 aromatic rings. The van der Waals surface area contributed by atoms with Crippen LogP contribution >= 0.6 is 0 Å². The molecule has 0 aliphatic heterocycles. The van der Waals surface area contributed by atoms with Gasteiger partial charge < -0.3 is 10.2 Å². The van der Waals surface area contributed by atoms with E-state index in [0.29, 0.717) is 12.4 Å². The fourth-order valence-electron chi connectivity index (χ4n) is 2.00. The molecule has 90 valence electrons. The van der Waals surface area contributed by atoms with Crippen LogP contribution < -0.4 is 5.73 Å². The Kier molecular flexibility index (Phi) is 2.61. The Morgan fingerprint density at radius 1 is 1.17 bits per heavy atom. The summed E-state index contributed by atoms with van der Waals surface area (Å²) in [5, 5.41) is 0. The molecule has 0 radical (unpaired) electrons.